The number of aryl methyl sites for hydroxylation is 3. The summed E-state index contributed by atoms with van der Waals surface area (Å²) in [4.78, 5) is 179. The molecule has 0 spiro atoms. The van der Waals surface area contributed by atoms with Gasteiger partial charge in [0, 0.05) is 74.5 Å². The summed E-state index contributed by atoms with van der Waals surface area (Å²) in [6.45, 7) is 18.1. The van der Waals surface area contributed by atoms with E-state index in [4.69, 9.17) is 73.7 Å². The van der Waals surface area contributed by atoms with Crippen molar-refractivity contribution in [1.29, 1.82) is 0 Å². The first-order valence-corrected chi connectivity index (χ1v) is 54.4. The predicted octanol–water partition coefficient (Wildman–Crippen LogP) is 9.61. The number of ketones is 2. The maximum Gasteiger partial charge on any atom is 0.327 e. The van der Waals surface area contributed by atoms with Crippen LogP contribution in [-0.4, -0.2) is 273 Å². The number of urea groups is 1. The number of carbonyl (C=O) groups is 11. The number of hydrazone groups is 1. The minimum absolute atomic E-state index is 0.00249. The number of rotatable bonds is 63. The molecule has 5 aliphatic carbocycles. The molecule has 810 valence electrons. The Labute approximate surface area is 864 Å². The minimum atomic E-state index is -4.10. The van der Waals surface area contributed by atoms with Crippen LogP contribution in [0.2, 0.25) is 0 Å². The molecule has 38 heteroatoms. The number of imide groups is 1. The smallest absolute Gasteiger partial charge is 0.327 e. The molecule has 10 amide bonds. The molecule has 37 nitrogen and oxygen atoms in total. The third kappa shape index (κ3) is 36.6. The molecule has 11 atom stereocenters. The van der Waals surface area contributed by atoms with Crippen LogP contribution < -0.4 is 53.7 Å². The Kier molecular flexibility index (Phi) is 49.0. The van der Waals surface area contributed by atoms with E-state index in [1.165, 1.54) is 16.7 Å². The van der Waals surface area contributed by atoms with Crippen molar-refractivity contribution < 1.29 is 120 Å². The van der Waals surface area contributed by atoms with Gasteiger partial charge >= 0.3 is 13.6 Å². The Morgan fingerprint density at radius 2 is 1.10 bits per heavy atom. The van der Waals surface area contributed by atoms with Crippen LogP contribution >= 0.6 is 7.60 Å². The molecule has 3 saturated carbocycles. The number of fused-ring (bicyclic) bond motifs is 8. The second kappa shape index (κ2) is 60.6. The summed E-state index contributed by atoms with van der Waals surface area (Å²) in [5.74, 6) is 6.24. The van der Waals surface area contributed by atoms with Crippen LogP contribution in [0.3, 0.4) is 0 Å². The van der Waals surface area contributed by atoms with Crippen molar-refractivity contribution in [3.8, 4) is 11.8 Å². The minimum Gasteiger partial charge on any atom is -0.394 e. The van der Waals surface area contributed by atoms with Gasteiger partial charge in [-0.25, -0.2) is 4.79 Å². The molecule has 4 aromatic rings. The zero-order chi connectivity index (χ0) is 106. The Morgan fingerprint density at radius 1 is 0.531 bits per heavy atom. The van der Waals surface area contributed by atoms with E-state index in [1.807, 2.05) is 67.6 Å². The second-order valence-electron chi connectivity index (χ2n) is 40.6. The van der Waals surface area contributed by atoms with Crippen molar-refractivity contribution >= 4 is 95.2 Å². The highest BCUT2D eigenvalue weighted by molar-refractivity contribution is 7.51. The summed E-state index contributed by atoms with van der Waals surface area (Å²) in [7, 11) is -4.10. The van der Waals surface area contributed by atoms with E-state index in [9.17, 15) is 57.6 Å². The number of anilines is 2. The molecule has 0 radical (unpaired) electrons. The molecule has 0 saturated heterocycles. The van der Waals surface area contributed by atoms with Crippen LogP contribution in [-0.2, 0) is 130 Å². The largest absolute Gasteiger partial charge is 0.394 e. The number of carbonyl (C=O) groups excluding carboxylic acids is 11. The van der Waals surface area contributed by atoms with Gasteiger partial charge in [0.1, 0.15) is 48.1 Å². The fraction of sp³-hybridized carbons (Fsp3) is 0.642. The number of nitrogens with one attached hydrogen (secondary N) is 7. The summed E-state index contributed by atoms with van der Waals surface area (Å²) < 4.78 is 67.4. The van der Waals surface area contributed by atoms with E-state index in [2.05, 4.69) is 100 Å². The number of nitrogens with zero attached hydrogens (tertiary/aromatic N) is 3. The number of unbranched alkanes of at least 4 members (excludes halogenated alkanes) is 1. The SMILES string of the molecule is Cc1ccc2c(c1)[C@@]1(C)CCC[C@](C)(C(=O)NC(=O)[C@@]3(C)CCC[C@]4(C)c5cc(NC(=O)[C@H](CO)NC(=O)[C@H](CCCNC(N)=O)NC(=O)[C@@H](NC(=O)[C@@H](CCCCNC(=O)COC6CCCCCC(=NCCOCCOCCOCCOCCOCCP(=O)(O)O)C6=NN)CC(=O)CCOCCOCCOCCOCCCC(=O)CCC(=O)N6Cc7ccccc7C#Cc7ccccc76)C(C)C)ccc5CC[C@@H]34)[C@@H]1CC2. The normalized spacial score (nSPS) is 21.4. The van der Waals surface area contributed by atoms with Crippen molar-refractivity contribution in [2.24, 2.45) is 56.2 Å². The van der Waals surface area contributed by atoms with E-state index < -0.39 is 102 Å². The lowest BCUT2D eigenvalue weighted by atomic mass is 9.49. The van der Waals surface area contributed by atoms with Gasteiger partial charge in [-0.2, -0.15) is 5.10 Å². The predicted molar refractivity (Wildman–Crippen MR) is 555 cm³/mol. The zero-order valence-corrected chi connectivity index (χ0v) is 87.9. The summed E-state index contributed by atoms with van der Waals surface area (Å²) in [6.07, 6.45) is 11.8. The van der Waals surface area contributed by atoms with E-state index in [0.29, 0.717) is 154 Å². The van der Waals surface area contributed by atoms with Crippen LogP contribution in [0.5, 0.6) is 0 Å². The van der Waals surface area contributed by atoms with Gasteiger partial charge in [-0.1, -0.05) is 146 Å². The van der Waals surface area contributed by atoms with Gasteiger partial charge in [0.2, 0.25) is 47.3 Å². The molecule has 1 aliphatic heterocycles. The summed E-state index contributed by atoms with van der Waals surface area (Å²) in [6, 6.07) is 22.4. The molecule has 1 unspecified atom stereocenters. The van der Waals surface area contributed by atoms with E-state index in [0.717, 1.165) is 84.9 Å². The van der Waals surface area contributed by atoms with Crippen molar-refractivity contribution in [2.45, 2.75) is 257 Å². The molecule has 0 aromatic heterocycles. The molecule has 14 N–H and O–H groups in total. The van der Waals surface area contributed by atoms with E-state index in [1.54, 1.807) is 24.8 Å². The number of aliphatic hydroxyl groups is 1. The average Bonchev–Trinajstić information content (AvgIpc) is 0.717. The lowest BCUT2D eigenvalue weighted by Gasteiger charge is -2.56. The van der Waals surface area contributed by atoms with Crippen LogP contribution in [0.4, 0.5) is 16.2 Å². The molecule has 6 aliphatic rings. The van der Waals surface area contributed by atoms with E-state index >= 15 is 4.79 Å². The molecule has 1 heterocycles. The fourth-order valence-corrected chi connectivity index (χ4v) is 21.8. The van der Waals surface area contributed by atoms with E-state index in [-0.39, 0.29) is 183 Å². The Bertz CT molecular complexity index is 5200. The standard InChI is InChI=1S/C109H159N12O25P/c1-75(2)97(102(130)116-89(27-17-48-114-105(110)133)100(128)117-90(73-122)101(129)115-83-37-34-79-36-40-94-107(5,87(79)71-83)44-20-46-109(94,7)104(132)119-103(131)108(6)45-19-43-106(4)86-69-76(3)30-31-78(86)35-39-93(106)108)118-99(127)81(23-15-16-47-113-95(125)74-146-92-29-10-8-9-26-88(98(92)120-111)112-49-52-139-55-58-142-61-62-143-63-64-144-65-66-145-67-68-147(134,135)136)70-85(124)42-51-138-54-57-141-60-59-140-56-53-137-50-18-25-84(123)38-41-96(126)121-72-82-24-12-11-21-77(82)32-33-80-22-13-14-28-91(80)121/h11-14,21-22,24,28,30-31,34,37,69,71,75,81,89-90,92-94,97,122H,8-10,15-20,23,25-27,29,35-36,38-68,70,72-74,111H2,1-7H3,(H,113,125)(H,115,129)(H,116,130)(H,117,128)(H,118,127)(H3,110,114,133)(H,119,131,132)(H2,134,135,136)/t81-,89-,90-,92?,93+,94+,97-,106+,107+,108-,109-/m0/s1. The van der Waals surface area contributed by atoms with Gasteiger partial charge in [-0.3, -0.25) is 62.8 Å². The number of amides is 10. The van der Waals surface area contributed by atoms with Crippen LogP contribution in [0, 0.1) is 53.3 Å². The molecule has 147 heavy (non-hydrogen) atoms. The number of primary amides is 1. The van der Waals surface area contributed by atoms with Crippen molar-refractivity contribution in [2.75, 3.05) is 168 Å². The second-order valence-corrected chi connectivity index (χ2v) is 42.3. The Hall–Kier alpha value is -10.1. The van der Waals surface area contributed by atoms with Gasteiger partial charge in [0.25, 0.3) is 0 Å². The molecule has 3 fully saturated rings. The number of para-hydroxylation sites is 1. The van der Waals surface area contributed by atoms with Gasteiger partial charge < -0.3 is 111 Å². The summed E-state index contributed by atoms with van der Waals surface area (Å²) >= 11 is 0. The third-order valence-corrected chi connectivity index (χ3v) is 30.2. The van der Waals surface area contributed by atoms with Crippen LogP contribution in [0.15, 0.2) is 95.0 Å². The van der Waals surface area contributed by atoms with Gasteiger partial charge in [0.05, 0.1) is 160 Å². The number of aliphatic imine (C=N–C) groups is 1. The number of hydrogen-bond acceptors (Lipinski definition) is 26. The first kappa shape index (κ1) is 119. The Morgan fingerprint density at radius 3 is 1.71 bits per heavy atom. The lowest BCUT2D eigenvalue weighted by molar-refractivity contribution is -0.150. The number of nitrogens with two attached hydrogens (primary N) is 2. The van der Waals surface area contributed by atoms with Crippen molar-refractivity contribution in [3.05, 3.63) is 129 Å². The third-order valence-electron chi connectivity index (χ3n) is 29.5. The van der Waals surface area contributed by atoms with Gasteiger partial charge in [-0.05, 0) is 196 Å². The number of hydrogen-bond donors (Lipinski definition) is 12. The maximum atomic E-state index is 15.1. The molecule has 0 bridgehead atoms. The van der Waals surface area contributed by atoms with Gasteiger partial charge in [-0.15, -0.1) is 0 Å². The van der Waals surface area contributed by atoms with Gasteiger partial charge in [0.15, 0.2) is 0 Å². The van der Waals surface area contributed by atoms with Crippen LogP contribution in [0.1, 0.15) is 240 Å². The van der Waals surface area contributed by atoms with Crippen LogP contribution in [0.25, 0.3) is 0 Å². The molecule has 10 rings (SSSR count). The highest BCUT2D eigenvalue weighted by atomic mass is 31.2. The molecule has 4 aromatic carbocycles. The Balaban J connectivity index is 0.689. The first-order chi connectivity index (χ1) is 70.7. The monoisotopic (exact) mass is 2070 g/mol. The van der Waals surface area contributed by atoms with Crippen molar-refractivity contribution in [3.63, 3.8) is 0 Å². The first-order valence-electron chi connectivity index (χ1n) is 52.6. The number of benzene rings is 4. The highest BCUT2D eigenvalue weighted by Crippen LogP contribution is 2.60. The zero-order valence-electron chi connectivity index (χ0n) is 87.0. The number of aliphatic hydroxyl groups excluding tert-OH is 1. The highest BCUT2D eigenvalue weighted by Gasteiger charge is 2.59. The summed E-state index contributed by atoms with van der Waals surface area (Å²) in [5, 5.41) is 34.6. The fourth-order valence-electron chi connectivity index (χ4n) is 21.4. The van der Waals surface area contributed by atoms with Crippen molar-refractivity contribution in [1.82, 2.24) is 31.9 Å². The molecular weight excluding hydrogens is 1910 g/mol. The average molecular weight is 2070 g/mol. The lowest BCUT2D eigenvalue weighted by Crippen LogP contribution is -2.60. The topological polar surface area (TPSA) is 522 Å². The summed E-state index contributed by atoms with van der Waals surface area (Å²) in [5.41, 5.74) is 13.6. The molecular formula is C109H159N12O25P. The maximum absolute atomic E-state index is 15.1. The number of ether oxygens (including phenoxy) is 10. The number of Topliss-reactive ketones (excluding diaryl/α,β-unsaturated/α-hetero) is 2. The quantitative estimate of drug-likeness (QED) is 0.00488.